The first kappa shape index (κ1) is 19.7. The maximum Gasteiger partial charge on any atom is 0.433 e. The van der Waals surface area contributed by atoms with Gasteiger partial charge in [-0.3, -0.25) is 14.6 Å². The van der Waals surface area contributed by atoms with Gasteiger partial charge in [0.05, 0.1) is 12.0 Å². The van der Waals surface area contributed by atoms with Crippen LogP contribution >= 0.6 is 15.9 Å². The molecule has 3 rings (SSSR count). The lowest BCUT2D eigenvalue weighted by molar-refractivity contribution is -0.141. The van der Waals surface area contributed by atoms with Gasteiger partial charge in [-0.25, -0.2) is 4.39 Å². The first-order valence-corrected chi connectivity index (χ1v) is 9.01. The van der Waals surface area contributed by atoms with Crippen molar-refractivity contribution in [1.29, 1.82) is 0 Å². The van der Waals surface area contributed by atoms with Gasteiger partial charge in [0.2, 0.25) is 0 Å². The van der Waals surface area contributed by atoms with Crippen molar-refractivity contribution in [3.05, 3.63) is 63.1 Å². The molecule has 27 heavy (non-hydrogen) atoms. The molecule has 1 aliphatic rings. The third-order valence-electron chi connectivity index (χ3n) is 4.31. The Kier molecular flexibility index (Phi) is 5.46. The molecule has 0 bridgehead atoms. The Hall–Kier alpha value is -2.09. The Labute approximate surface area is 160 Å². The SMILES string of the molecule is O=C(CC(=O)c1cc(Br)c(C2CC2)cc1F)Cc1cccnc1C(F)(F)F. The van der Waals surface area contributed by atoms with Crippen molar-refractivity contribution < 1.29 is 27.2 Å². The molecule has 0 atom stereocenters. The van der Waals surface area contributed by atoms with E-state index in [1.165, 1.54) is 18.2 Å². The summed E-state index contributed by atoms with van der Waals surface area (Å²) in [4.78, 5) is 27.7. The summed E-state index contributed by atoms with van der Waals surface area (Å²) in [5.74, 6) is -1.96. The highest BCUT2D eigenvalue weighted by molar-refractivity contribution is 9.10. The summed E-state index contributed by atoms with van der Waals surface area (Å²) < 4.78 is 53.7. The number of ketones is 2. The summed E-state index contributed by atoms with van der Waals surface area (Å²) in [5, 5.41) is 0. The second-order valence-corrected chi connectivity index (χ2v) is 7.31. The molecule has 1 aromatic heterocycles. The van der Waals surface area contributed by atoms with E-state index in [0.29, 0.717) is 4.47 Å². The normalized spacial score (nSPS) is 14.3. The van der Waals surface area contributed by atoms with Crippen LogP contribution in [0.4, 0.5) is 17.6 Å². The molecular weight excluding hydrogens is 430 g/mol. The number of hydrogen-bond acceptors (Lipinski definition) is 3. The predicted molar refractivity (Wildman–Crippen MR) is 93.0 cm³/mol. The van der Waals surface area contributed by atoms with Gasteiger partial charge in [0.15, 0.2) is 5.78 Å². The number of nitrogens with zero attached hydrogens (tertiary/aromatic N) is 1. The van der Waals surface area contributed by atoms with Gasteiger partial charge in [0, 0.05) is 17.1 Å². The van der Waals surface area contributed by atoms with Crippen LogP contribution in [0.15, 0.2) is 34.9 Å². The molecular formula is C19H14BrF4NO2. The number of alkyl halides is 3. The van der Waals surface area contributed by atoms with E-state index in [1.807, 2.05) is 0 Å². The van der Waals surface area contributed by atoms with Crippen molar-refractivity contribution in [2.24, 2.45) is 0 Å². The number of Topliss-reactive ketones (excluding diaryl/α,β-unsaturated/α-hetero) is 2. The number of rotatable bonds is 6. The smallest absolute Gasteiger partial charge is 0.299 e. The molecule has 8 heteroatoms. The number of carbonyl (C=O) groups excluding carboxylic acids is 2. The molecule has 1 aliphatic carbocycles. The minimum Gasteiger partial charge on any atom is -0.299 e. The van der Waals surface area contributed by atoms with Gasteiger partial charge in [-0.05, 0) is 48.1 Å². The fraction of sp³-hybridized carbons (Fsp3) is 0.316. The van der Waals surface area contributed by atoms with Crippen molar-refractivity contribution in [1.82, 2.24) is 4.98 Å². The Bertz CT molecular complexity index is 907. The third-order valence-corrected chi connectivity index (χ3v) is 5.00. The zero-order chi connectivity index (χ0) is 19.8. The van der Waals surface area contributed by atoms with E-state index in [9.17, 15) is 27.2 Å². The quantitative estimate of drug-likeness (QED) is 0.347. The van der Waals surface area contributed by atoms with Crippen molar-refractivity contribution in [2.45, 2.75) is 37.8 Å². The maximum atomic E-state index is 14.3. The van der Waals surface area contributed by atoms with Crippen molar-refractivity contribution in [2.75, 3.05) is 0 Å². The van der Waals surface area contributed by atoms with Crippen LogP contribution in [0.3, 0.4) is 0 Å². The largest absolute Gasteiger partial charge is 0.433 e. The van der Waals surface area contributed by atoms with E-state index in [1.54, 1.807) is 0 Å². The Balaban J connectivity index is 1.74. The standard InChI is InChI=1S/C19H14BrF4NO2/c20-15-8-14(16(21)9-13(15)10-3-4-10)17(27)7-12(26)6-11-2-1-5-25-18(11)19(22,23)24/h1-2,5,8-10H,3-4,6-7H2. The molecule has 0 saturated heterocycles. The van der Waals surface area contributed by atoms with Crippen LogP contribution in [0.5, 0.6) is 0 Å². The molecule has 1 heterocycles. The average molecular weight is 444 g/mol. The summed E-state index contributed by atoms with van der Waals surface area (Å²) in [6.07, 6.45) is -3.09. The summed E-state index contributed by atoms with van der Waals surface area (Å²) in [5.41, 5.74) is -0.940. The molecule has 1 fully saturated rings. The highest BCUT2D eigenvalue weighted by atomic mass is 79.9. The molecule has 0 N–H and O–H groups in total. The van der Waals surface area contributed by atoms with Gasteiger partial charge in [-0.15, -0.1) is 0 Å². The lowest BCUT2D eigenvalue weighted by Crippen LogP contribution is -2.17. The highest BCUT2D eigenvalue weighted by Gasteiger charge is 2.35. The summed E-state index contributed by atoms with van der Waals surface area (Å²) >= 11 is 3.30. The van der Waals surface area contributed by atoms with Crippen LogP contribution in [-0.4, -0.2) is 16.6 Å². The van der Waals surface area contributed by atoms with Crippen molar-refractivity contribution in [3.8, 4) is 0 Å². The summed E-state index contributed by atoms with van der Waals surface area (Å²) in [7, 11) is 0. The molecule has 0 radical (unpaired) electrons. The third kappa shape index (κ3) is 4.61. The fourth-order valence-corrected chi connectivity index (χ4v) is 3.54. The van der Waals surface area contributed by atoms with Crippen molar-refractivity contribution in [3.63, 3.8) is 0 Å². The Morgan fingerprint density at radius 3 is 2.56 bits per heavy atom. The van der Waals surface area contributed by atoms with E-state index < -0.39 is 42.1 Å². The van der Waals surface area contributed by atoms with Crippen LogP contribution < -0.4 is 0 Å². The molecule has 2 aromatic rings. The summed E-state index contributed by atoms with van der Waals surface area (Å²) in [6, 6.07) is 5.04. The Morgan fingerprint density at radius 2 is 1.93 bits per heavy atom. The van der Waals surface area contributed by atoms with Crippen LogP contribution in [0.25, 0.3) is 0 Å². The highest BCUT2D eigenvalue weighted by Crippen LogP contribution is 2.44. The summed E-state index contributed by atoms with van der Waals surface area (Å²) in [6.45, 7) is 0. The molecule has 0 spiro atoms. The minimum atomic E-state index is -4.70. The van der Waals surface area contributed by atoms with Crippen LogP contribution in [0.1, 0.15) is 52.4 Å². The second kappa shape index (κ2) is 7.50. The molecule has 142 valence electrons. The molecule has 0 unspecified atom stereocenters. The monoisotopic (exact) mass is 443 g/mol. The maximum absolute atomic E-state index is 14.3. The molecule has 1 saturated carbocycles. The van der Waals surface area contributed by atoms with Gasteiger partial charge in [0.25, 0.3) is 0 Å². The topological polar surface area (TPSA) is 47.0 Å². The Morgan fingerprint density at radius 1 is 1.22 bits per heavy atom. The first-order valence-electron chi connectivity index (χ1n) is 8.21. The number of hydrogen-bond donors (Lipinski definition) is 0. The fourth-order valence-electron chi connectivity index (χ4n) is 2.87. The molecule has 3 nitrogen and oxygen atoms in total. The van der Waals surface area contributed by atoms with E-state index in [2.05, 4.69) is 20.9 Å². The van der Waals surface area contributed by atoms with E-state index in [0.717, 1.165) is 30.7 Å². The van der Waals surface area contributed by atoms with E-state index >= 15 is 0 Å². The number of pyridine rings is 1. The van der Waals surface area contributed by atoms with E-state index in [4.69, 9.17) is 0 Å². The van der Waals surface area contributed by atoms with Gasteiger partial charge < -0.3 is 0 Å². The molecule has 1 aromatic carbocycles. The number of carbonyl (C=O) groups is 2. The van der Waals surface area contributed by atoms with E-state index in [-0.39, 0.29) is 17.0 Å². The molecule has 0 amide bonds. The lowest BCUT2D eigenvalue weighted by atomic mass is 9.98. The first-order chi connectivity index (χ1) is 12.7. The zero-order valence-electron chi connectivity index (χ0n) is 13.9. The van der Waals surface area contributed by atoms with Crippen molar-refractivity contribution >= 4 is 27.5 Å². The van der Waals surface area contributed by atoms with Crippen LogP contribution in [0, 0.1) is 5.82 Å². The van der Waals surface area contributed by atoms with Crippen LogP contribution in [-0.2, 0) is 17.4 Å². The minimum absolute atomic E-state index is 0.248. The van der Waals surface area contributed by atoms with Gasteiger partial charge in [0.1, 0.15) is 17.3 Å². The number of halogens is 5. The average Bonchev–Trinajstić information content (AvgIpc) is 3.40. The zero-order valence-corrected chi connectivity index (χ0v) is 15.5. The van der Waals surface area contributed by atoms with Gasteiger partial charge in [-0.2, -0.15) is 13.2 Å². The number of aromatic nitrogens is 1. The second-order valence-electron chi connectivity index (χ2n) is 6.45. The van der Waals surface area contributed by atoms with Crippen LogP contribution in [0.2, 0.25) is 0 Å². The molecule has 0 aliphatic heterocycles. The lowest BCUT2D eigenvalue weighted by Gasteiger charge is -2.11. The van der Waals surface area contributed by atoms with Gasteiger partial charge in [-0.1, -0.05) is 22.0 Å². The van der Waals surface area contributed by atoms with Gasteiger partial charge >= 0.3 is 6.18 Å². The predicted octanol–water partition coefficient (Wildman–Crippen LogP) is 5.26. The number of benzene rings is 1.